The minimum absolute atomic E-state index is 0. The third-order valence-electron chi connectivity index (χ3n) is 4.27. The fourth-order valence-electron chi connectivity index (χ4n) is 2.83. The van der Waals surface area contributed by atoms with Crippen molar-refractivity contribution in [3.63, 3.8) is 0 Å². The maximum absolute atomic E-state index is 13.8. The zero-order valence-electron chi connectivity index (χ0n) is 18.0. The van der Waals surface area contributed by atoms with E-state index >= 15 is 0 Å². The van der Waals surface area contributed by atoms with E-state index in [-0.39, 0.29) is 57.6 Å². The Labute approximate surface area is 226 Å². The van der Waals surface area contributed by atoms with Crippen LogP contribution in [0, 0.1) is 11.6 Å². The molecule has 2 aromatic carbocycles. The van der Waals surface area contributed by atoms with Gasteiger partial charge in [-0.2, -0.15) is 7.11 Å². The van der Waals surface area contributed by atoms with E-state index in [0.717, 1.165) is 18.7 Å². The minimum atomic E-state index is -0.873. The van der Waals surface area contributed by atoms with Crippen LogP contribution in [0.3, 0.4) is 0 Å². The molecule has 170 valence electrons. The van der Waals surface area contributed by atoms with E-state index in [0.29, 0.717) is 23.4 Å². The minimum Gasteiger partial charge on any atom is -0.857 e. The van der Waals surface area contributed by atoms with Gasteiger partial charge in [0.05, 0.1) is 18.5 Å². The summed E-state index contributed by atoms with van der Waals surface area (Å²) in [7, 11) is 0.750. The van der Waals surface area contributed by atoms with E-state index in [1.165, 1.54) is 35.7 Å². The van der Waals surface area contributed by atoms with Crippen LogP contribution in [0.5, 0.6) is 0 Å². The number of thioether (sulfide) groups is 2. The number of nitrogens with zero attached hydrogens (tertiary/aromatic N) is 2. The van der Waals surface area contributed by atoms with Crippen LogP contribution < -0.4 is 34.7 Å². The first-order valence-electron chi connectivity index (χ1n) is 9.54. The molecule has 1 aromatic heterocycles. The molecular weight excluding hydrogens is 501 g/mol. The molecule has 0 saturated carbocycles. The summed E-state index contributed by atoms with van der Waals surface area (Å²) in [5.41, 5.74) is 1.23. The normalized spacial score (nSPS) is 17.5. The van der Waals surface area contributed by atoms with Gasteiger partial charge in [0, 0.05) is 22.9 Å². The van der Waals surface area contributed by atoms with E-state index in [4.69, 9.17) is 26.2 Å². The number of rotatable bonds is 6. The molecule has 1 aliphatic heterocycles. The first-order valence-corrected chi connectivity index (χ1v) is 11.8. The van der Waals surface area contributed by atoms with Crippen LogP contribution in [0.1, 0.15) is 17.4 Å². The molecule has 1 fully saturated rings. The average molecular weight is 521 g/mol. The van der Waals surface area contributed by atoms with Gasteiger partial charge in [-0.25, -0.2) is 18.7 Å². The summed E-state index contributed by atoms with van der Waals surface area (Å²) in [6.45, 7) is 1.01. The fourth-order valence-corrected chi connectivity index (χ4v) is 4.97. The molecule has 0 spiro atoms. The van der Waals surface area contributed by atoms with Crippen molar-refractivity contribution in [2.75, 3.05) is 20.3 Å². The molecule has 0 bridgehead atoms. The van der Waals surface area contributed by atoms with Gasteiger partial charge >= 0.3 is 29.6 Å². The predicted octanol–water partition coefficient (Wildman–Crippen LogP) is 1.89. The molecule has 0 radical (unpaired) electrons. The number of benzene rings is 2. The van der Waals surface area contributed by atoms with E-state index < -0.39 is 11.6 Å². The van der Waals surface area contributed by atoms with Gasteiger partial charge in [-0.15, -0.1) is 0 Å². The molecular formula is C22H20ClF2N2NaO3S2. The number of hydrogen-bond donors (Lipinski definition) is 0. The first-order chi connectivity index (χ1) is 15.6. The first kappa shape index (κ1) is 28.5. The van der Waals surface area contributed by atoms with Crippen LogP contribution in [0.25, 0.3) is 0 Å². The topological polar surface area (TPSA) is 67.3 Å². The van der Waals surface area contributed by atoms with Gasteiger partial charge in [0.15, 0.2) is 23.1 Å². The van der Waals surface area contributed by atoms with Crippen molar-refractivity contribution < 1.29 is 52.9 Å². The standard InChI is InChI=1S/C21H17ClF2N2O2S2.CH3O.Na/c22-17-9-18(26-21(25-17)29-12-14-7-4-8-16(23)19(14)24)30-15-10-27-20(28-11-15)13-5-2-1-3-6-13;1-2;/h1-9,15,20H,10-12H2;1H3;/q;-1;+1. The van der Waals surface area contributed by atoms with E-state index in [1.54, 1.807) is 6.07 Å². The second-order valence-corrected chi connectivity index (χ2v) is 9.11. The van der Waals surface area contributed by atoms with E-state index in [9.17, 15) is 8.78 Å². The largest absolute Gasteiger partial charge is 1.00 e. The number of hydrogen-bond acceptors (Lipinski definition) is 7. The summed E-state index contributed by atoms with van der Waals surface area (Å²) in [5, 5.41) is 9.66. The van der Waals surface area contributed by atoms with Gasteiger partial charge in [0.1, 0.15) is 10.2 Å². The number of halogens is 3. The van der Waals surface area contributed by atoms with E-state index in [1.807, 2.05) is 30.3 Å². The molecule has 1 aliphatic rings. The van der Waals surface area contributed by atoms with Gasteiger partial charge in [0.25, 0.3) is 0 Å². The van der Waals surface area contributed by atoms with Gasteiger partial charge in [-0.1, -0.05) is 77.6 Å². The molecule has 4 rings (SSSR count). The van der Waals surface area contributed by atoms with E-state index in [2.05, 4.69) is 9.97 Å². The van der Waals surface area contributed by atoms with Crippen molar-refractivity contribution in [2.24, 2.45) is 0 Å². The van der Waals surface area contributed by atoms with Crippen LogP contribution >= 0.6 is 35.1 Å². The smallest absolute Gasteiger partial charge is 0.857 e. The monoisotopic (exact) mass is 520 g/mol. The summed E-state index contributed by atoms with van der Waals surface area (Å²) in [4.78, 5) is 8.65. The molecule has 33 heavy (non-hydrogen) atoms. The van der Waals surface area contributed by atoms with Crippen molar-refractivity contribution in [3.05, 3.63) is 82.5 Å². The number of ether oxygens (including phenoxy) is 2. The van der Waals surface area contributed by atoms with Crippen molar-refractivity contribution >= 4 is 35.1 Å². The second kappa shape index (κ2) is 14.6. The molecule has 5 nitrogen and oxygen atoms in total. The van der Waals surface area contributed by atoms with Crippen molar-refractivity contribution in [2.45, 2.75) is 27.5 Å². The summed E-state index contributed by atoms with van der Waals surface area (Å²) >= 11 is 8.81. The Bertz CT molecular complexity index is 1020. The Morgan fingerprint density at radius 3 is 2.42 bits per heavy atom. The zero-order valence-corrected chi connectivity index (χ0v) is 22.4. The number of aromatic nitrogens is 2. The van der Waals surface area contributed by atoms with Crippen molar-refractivity contribution in [1.82, 2.24) is 9.97 Å². The maximum atomic E-state index is 13.8. The van der Waals surface area contributed by atoms with Gasteiger partial charge in [-0.05, 0) is 6.07 Å². The third-order valence-corrected chi connectivity index (χ3v) is 6.41. The second-order valence-electron chi connectivity index (χ2n) is 6.46. The van der Waals surface area contributed by atoms with Gasteiger partial charge in [-0.3, -0.25) is 0 Å². The Morgan fingerprint density at radius 1 is 1.03 bits per heavy atom. The molecule has 0 atom stereocenters. The summed E-state index contributed by atoms with van der Waals surface area (Å²) in [5.74, 6) is -1.53. The molecule has 0 aliphatic carbocycles. The summed E-state index contributed by atoms with van der Waals surface area (Å²) in [6, 6.07) is 15.5. The van der Waals surface area contributed by atoms with Crippen LogP contribution in [0.4, 0.5) is 8.78 Å². The molecule has 2 heterocycles. The van der Waals surface area contributed by atoms with Crippen molar-refractivity contribution in [1.29, 1.82) is 0 Å². The average Bonchev–Trinajstić information content (AvgIpc) is 2.82. The van der Waals surface area contributed by atoms with Crippen LogP contribution in [-0.4, -0.2) is 35.5 Å². The fraction of sp³-hybridized carbons (Fsp3) is 0.273. The maximum Gasteiger partial charge on any atom is 1.00 e. The molecule has 0 N–H and O–H groups in total. The Balaban J connectivity index is 0.00000125. The van der Waals surface area contributed by atoms with Crippen LogP contribution in [0.15, 0.2) is 64.8 Å². The molecule has 0 amide bonds. The molecule has 1 saturated heterocycles. The molecule has 0 unspecified atom stereocenters. The SMILES string of the molecule is C[O-].Fc1cccc(CSc2nc(Cl)cc(SC3COC(c4ccccc4)OC3)n2)c1F.[Na+]. The van der Waals surface area contributed by atoms with Gasteiger partial charge < -0.3 is 14.6 Å². The molecule has 11 heteroatoms. The van der Waals surface area contributed by atoms with Crippen molar-refractivity contribution in [3.8, 4) is 0 Å². The van der Waals surface area contributed by atoms with Crippen LogP contribution in [0.2, 0.25) is 5.15 Å². The summed E-state index contributed by atoms with van der Waals surface area (Å²) < 4.78 is 38.9. The Hall–Kier alpha value is -0.750. The summed E-state index contributed by atoms with van der Waals surface area (Å²) in [6.07, 6.45) is -0.371. The Morgan fingerprint density at radius 2 is 1.73 bits per heavy atom. The quantitative estimate of drug-likeness (QED) is 0.213. The van der Waals surface area contributed by atoms with Crippen LogP contribution in [-0.2, 0) is 15.2 Å². The predicted molar refractivity (Wildman–Crippen MR) is 120 cm³/mol. The zero-order chi connectivity index (χ0) is 22.9. The Kier molecular flexibility index (Phi) is 12.6. The van der Waals surface area contributed by atoms with Gasteiger partial charge in [0.2, 0.25) is 0 Å². The third kappa shape index (κ3) is 8.45. The molecule has 3 aromatic rings.